The van der Waals surface area contributed by atoms with Crippen molar-refractivity contribution in [2.45, 2.75) is 18.6 Å². The third kappa shape index (κ3) is 2.44. The summed E-state index contributed by atoms with van der Waals surface area (Å²) in [5.74, 6) is -1.68. The van der Waals surface area contributed by atoms with E-state index in [1.54, 1.807) is 0 Å². The van der Waals surface area contributed by atoms with Crippen molar-refractivity contribution in [2.75, 3.05) is 6.54 Å². The lowest BCUT2D eigenvalue weighted by molar-refractivity contribution is -0.141. The lowest BCUT2D eigenvalue weighted by atomic mass is 10.2. The Morgan fingerprint density at radius 3 is 2.83 bits per heavy atom. The maximum absolute atomic E-state index is 12.1. The molecule has 1 aliphatic rings. The van der Waals surface area contributed by atoms with E-state index in [0.29, 0.717) is 5.02 Å². The summed E-state index contributed by atoms with van der Waals surface area (Å²) < 4.78 is 0. The van der Waals surface area contributed by atoms with Crippen LogP contribution in [0.25, 0.3) is 0 Å². The van der Waals surface area contributed by atoms with Gasteiger partial charge in [0, 0.05) is 24.2 Å². The topological polar surface area (TPSA) is 90.7 Å². The van der Waals surface area contributed by atoms with Gasteiger partial charge in [-0.15, -0.1) is 0 Å². The van der Waals surface area contributed by atoms with Crippen LogP contribution in [0.3, 0.4) is 0 Å². The minimum absolute atomic E-state index is 0.00993. The largest absolute Gasteiger partial charge is 0.480 e. The van der Waals surface area contributed by atoms with E-state index in [-0.39, 0.29) is 18.7 Å². The molecular formula is C11H11ClN2O4. The van der Waals surface area contributed by atoms with Crippen molar-refractivity contribution in [2.24, 2.45) is 0 Å². The fourth-order valence-corrected chi connectivity index (χ4v) is 2.10. The molecule has 1 saturated heterocycles. The van der Waals surface area contributed by atoms with Crippen LogP contribution in [0.5, 0.6) is 0 Å². The third-order valence-electron chi connectivity index (χ3n) is 2.77. The number of carboxylic acid groups (broad SMARTS) is 1. The van der Waals surface area contributed by atoms with E-state index in [2.05, 4.69) is 4.98 Å². The summed E-state index contributed by atoms with van der Waals surface area (Å²) in [5, 5.41) is 18.8. The molecule has 18 heavy (non-hydrogen) atoms. The molecule has 96 valence electrons. The molecule has 6 nitrogen and oxygen atoms in total. The molecule has 1 fully saturated rings. The predicted octanol–water partition coefficient (Wildman–Crippen LogP) is 0.395. The van der Waals surface area contributed by atoms with E-state index in [9.17, 15) is 14.7 Å². The van der Waals surface area contributed by atoms with Gasteiger partial charge in [-0.2, -0.15) is 0 Å². The number of pyridine rings is 1. The minimum atomic E-state index is -1.14. The highest BCUT2D eigenvalue weighted by Crippen LogP contribution is 2.21. The summed E-state index contributed by atoms with van der Waals surface area (Å²) in [7, 11) is 0. The SMILES string of the molecule is O=C(O)[C@@H]1C[C@H](O)CN1C(=O)c1cc(Cl)ccn1. The monoisotopic (exact) mass is 270 g/mol. The summed E-state index contributed by atoms with van der Waals surface area (Å²) in [4.78, 5) is 28.1. The summed E-state index contributed by atoms with van der Waals surface area (Å²) in [5.41, 5.74) is 0.0721. The van der Waals surface area contributed by atoms with Crippen molar-refractivity contribution in [1.82, 2.24) is 9.88 Å². The maximum Gasteiger partial charge on any atom is 0.326 e. The number of rotatable bonds is 2. The zero-order chi connectivity index (χ0) is 13.3. The van der Waals surface area contributed by atoms with Gasteiger partial charge in [0.2, 0.25) is 0 Å². The Bertz CT molecular complexity index is 494. The number of hydrogen-bond donors (Lipinski definition) is 2. The molecule has 0 saturated carbocycles. The number of aromatic nitrogens is 1. The van der Waals surface area contributed by atoms with Crippen molar-refractivity contribution < 1.29 is 19.8 Å². The molecule has 7 heteroatoms. The van der Waals surface area contributed by atoms with Gasteiger partial charge in [0.1, 0.15) is 11.7 Å². The van der Waals surface area contributed by atoms with E-state index in [1.807, 2.05) is 0 Å². The van der Waals surface area contributed by atoms with Gasteiger partial charge in [0.25, 0.3) is 5.91 Å². The zero-order valence-corrected chi connectivity index (χ0v) is 10.0. The predicted molar refractivity (Wildman–Crippen MR) is 62.3 cm³/mol. The Balaban J connectivity index is 2.25. The minimum Gasteiger partial charge on any atom is -0.480 e. The van der Waals surface area contributed by atoms with Gasteiger partial charge < -0.3 is 15.1 Å². The molecule has 2 rings (SSSR count). The molecule has 0 aromatic carbocycles. The van der Waals surface area contributed by atoms with Gasteiger partial charge in [0.15, 0.2) is 0 Å². The normalized spacial score (nSPS) is 23.1. The number of aliphatic carboxylic acids is 1. The third-order valence-corrected chi connectivity index (χ3v) is 3.00. The maximum atomic E-state index is 12.1. The Labute approximate surface area is 108 Å². The number of halogens is 1. The molecule has 0 unspecified atom stereocenters. The van der Waals surface area contributed by atoms with E-state index in [4.69, 9.17) is 16.7 Å². The molecular weight excluding hydrogens is 260 g/mol. The molecule has 1 amide bonds. The fourth-order valence-electron chi connectivity index (χ4n) is 1.94. The van der Waals surface area contributed by atoms with Gasteiger partial charge in [0.05, 0.1) is 6.10 Å². The molecule has 0 bridgehead atoms. The van der Waals surface area contributed by atoms with Gasteiger partial charge in [-0.1, -0.05) is 11.6 Å². The smallest absolute Gasteiger partial charge is 0.326 e. The number of hydrogen-bond acceptors (Lipinski definition) is 4. The first kappa shape index (κ1) is 12.8. The number of likely N-dealkylation sites (tertiary alicyclic amines) is 1. The van der Waals surface area contributed by atoms with Crippen molar-refractivity contribution in [1.29, 1.82) is 0 Å². The molecule has 2 atom stereocenters. The standard InChI is InChI=1S/C11H11ClN2O4/c12-6-1-2-13-8(3-6)10(16)14-5-7(15)4-9(14)11(17)18/h1-3,7,9,15H,4-5H2,(H,17,18)/t7-,9-/m0/s1. The van der Waals surface area contributed by atoms with Crippen LogP contribution in [-0.2, 0) is 4.79 Å². The van der Waals surface area contributed by atoms with Crippen molar-refractivity contribution >= 4 is 23.5 Å². The highest BCUT2D eigenvalue weighted by molar-refractivity contribution is 6.30. The molecule has 2 N–H and O–H groups in total. The summed E-state index contributed by atoms with van der Waals surface area (Å²) >= 11 is 5.75. The van der Waals surface area contributed by atoms with Gasteiger partial charge in [-0.05, 0) is 12.1 Å². The number of aliphatic hydroxyl groups excluding tert-OH is 1. The number of carboxylic acids is 1. The molecule has 0 aliphatic carbocycles. The van der Waals surface area contributed by atoms with Gasteiger partial charge >= 0.3 is 5.97 Å². The van der Waals surface area contributed by atoms with Crippen molar-refractivity contribution in [3.63, 3.8) is 0 Å². The first-order valence-electron chi connectivity index (χ1n) is 5.32. The second-order valence-corrected chi connectivity index (χ2v) is 4.50. The first-order chi connectivity index (χ1) is 8.49. The highest BCUT2D eigenvalue weighted by Gasteiger charge is 2.39. The Morgan fingerprint density at radius 2 is 2.22 bits per heavy atom. The highest BCUT2D eigenvalue weighted by atomic mass is 35.5. The molecule has 1 aromatic heterocycles. The van der Waals surface area contributed by atoms with E-state index in [0.717, 1.165) is 4.90 Å². The van der Waals surface area contributed by atoms with Gasteiger partial charge in [-0.25, -0.2) is 4.79 Å². The number of carbonyl (C=O) groups excluding carboxylic acids is 1. The first-order valence-corrected chi connectivity index (χ1v) is 5.70. The van der Waals surface area contributed by atoms with Crippen LogP contribution in [0.4, 0.5) is 0 Å². The van der Waals surface area contributed by atoms with Crippen LogP contribution in [0.1, 0.15) is 16.9 Å². The number of carbonyl (C=O) groups is 2. The summed E-state index contributed by atoms with van der Waals surface area (Å²) in [6.07, 6.45) is 0.577. The number of amides is 1. The van der Waals surface area contributed by atoms with Crippen molar-refractivity contribution in [3.05, 3.63) is 29.0 Å². The van der Waals surface area contributed by atoms with Crippen LogP contribution >= 0.6 is 11.6 Å². The van der Waals surface area contributed by atoms with E-state index in [1.165, 1.54) is 18.3 Å². The Morgan fingerprint density at radius 1 is 1.50 bits per heavy atom. The van der Waals surface area contributed by atoms with E-state index < -0.39 is 24.0 Å². The zero-order valence-electron chi connectivity index (χ0n) is 9.28. The van der Waals surface area contributed by atoms with Crippen LogP contribution in [0, 0.1) is 0 Å². The molecule has 2 heterocycles. The Kier molecular flexibility index (Phi) is 3.49. The van der Waals surface area contributed by atoms with Gasteiger partial charge in [-0.3, -0.25) is 9.78 Å². The molecule has 1 aliphatic heterocycles. The number of nitrogens with zero attached hydrogens (tertiary/aromatic N) is 2. The van der Waals surface area contributed by atoms with Crippen LogP contribution in [0.15, 0.2) is 18.3 Å². The average Bonchev–Trinajstić information content (AvgIpc) is 2.70. The lowest BCUT2D eigenvalue weighted by Crippen LogP contribution is -2.40. The summed E-state index contributed by atoms with van der Waals surface area (Å²) in [6.45, 7) is -0.00993. The van der Waals surface area contributed by atoms with Crippen molar-refractivity contribution in [3.8, 4) is 0 Å². The number of β-amino-alcohol motifs (C(OH)–C–C–N with tert-alkyl or cyclic N) is 1. The fraction of sp³-hybridized carbons (Fsp3) is 0.364. The van der Waals surface area contributed by atoms with Crippen LogP contribution in [-0.4, -0.2) is 50.7 Å². The second-order valence-electron chi connectivity index (χ2n) is 4.06. The molecule has 0 radical (unpaired) electrons. The number of aliphatic hydroxyl groups is 1. The van der Waals surface area contributed by atoms with Crippen LogP contribution < -0.4 is 0 Å². The molecule has 1 aromatic rings. The quantitative estimate of drug-likeness (QED) is 0.811. The van der Waals surface area contributed by atoms with E-state index >= 15 is 0 Å². The lowest BCUT2D eigenvalue weighted by Gasteiger charge is -2.20. The Hall–Kier alpha value is -1.66. The summed E-state index contributed by atoms with van der Waals surface area (Å²) in [6, 6.07) is 1.87. The second kappa shape index (κ2) is 4.91. The average molecular weight is 271 g/mol. The molecule has 0 spiro atoms. The van der Waals surface area contributed by atoms with Crippen LogP contribution in [0.2, 0.25) is 5.02 Å².